The molecule has 1 aliphatic carbocycles. The number of hydrogen-bond donors (Lipinski definition) is 1. The molecule has 0 unspecified atom stereocenters. The van der Waals surface area contributed by atoms with Gasteiger partial charge in [0.1, 0.15) is 6.33 Å². The normalized spacial score (nSPS) is 12.5. The number of rotatable bonds is 4. The molecular weight excluding hydrogens is 364 g/mol. The molecule has 7 nitrogen and oxygen atoms in total. The van der Waals surface area contributed by atoms with E-state index in [-0.39, 0.29) is 23.2 Å². The molecule has 0 atom stereocenters. The van der Waals surface area contributed by atoms with E-state index in [0.717, 1.165) is 0 Å². The van der Waals surface area contributed by atoms with Gasteiger partial charge in [0.25, 0.3) is 0 Å². The Kier molecular flexibility index (Phi) is 4.33. The summed E-state index contributed by atoms with van der Waals surface area (Å²) in [4.78, 5) is 37.5. The third-order valence-electron chi connectivity index (χ3n) is 4.21. The number of ketones is 2. The van der Waals surface area contributed by atoms with E-state index in [1.165, 1.54) is 11.8 Å². The minimum absolute atomic E-state index is 0.152. The Morgan fingerprint density at radius 1 is 1.04 bits per heavy atom. The molecule has 0 saturated heterocycles. The SMILES string of the molecule is Cn1cnnc1SCC(=O)Nc1ccc2c(c1)C(=O)c1ccccc1C2=O. The maximum Gasteiger partial charge on any atom is 0.234 e. The third-order valence-corrected chi connectivity index (χ3v) is 5.25. The molecule has 1 heterocycles. The Hall–Kier alpha value is -3.26. The Morgan fingerprint density at radius 2 is 1.70 bits per heavy atom. The highest BCUT2D eigenvalue weighted by Gasteiger charge is 2.29. The number of nitrogens with one attached hydrogen (secondary N) is 1. The van der Waals surface area contributed by atoms with Gasteiger partial charge in [-0.15, -0.1) is 10.2 Å². The van der Waals surface area contributed by atoms with Gasteiger partial charge in [-0.3, -0.25) is 14.4 Å². The molecule has 134 valence electrons. The van der Waals surface area contributed by atoms with Gasteiger partial charge in [0, 0.05) is 35.0 Å². The van der Waals surface area contributed by atoms with E-state index in [1.54, 1.807) is 60.4 Å². The smallest absolute Gasteiger partial charge is 0.234 e. The number of carbonyl (C=O) groups excluding carboxylic acids is 3. The zero-order valence-corrected chi connectivity index (χ0v) is 15.1. The van der Waals surface area contributed by atoms with Gasteiger partial charge in [-0.2, -0.15) is 0 Å². The molecule has 1 aromatic heterocycles. The van der Waals surface area contributed by atoms with E-state index in [9.17, 15) is 14.4 Å². The summed E-state index contributed by atoms with van der Waals surface area (Å²) in [5.41, 5.74) is 1.92. The summed E-state index contributed by atoms with van der Waals surface area (Å²) >= 11 is 1.26. The summed E-state index contributed by atoms with van der Waals surface area (Å²) in [6, 6.07) is 11.5. The third kappa shape index (κ3) is 3.15. The Morgan fingerprint density at radius 3 is 2.37 bits per heavy atom. The van der Waals surface area contributed by atoms with Crippen LogP contribution in [0, 0.1) is 0 Å². The molecule has 3 aromatic rings. The number of nitrogens with zero attached hydrogens (tertiary/aromatic N) is 3. The number of carbonyl (C=O) groups is 3. The Balaban J connectivity index is 1.53. The van der Waals surface area contributed by atoms with Gasteiger partial charge in [0.15, 0.2) is 16.7 Å². The lowest BCUT2D eigenvalue weighted by atomic mass is 9.84. The monoisotopic (exact) mass is 378 g/mol. The van der Waals surface area contributed by atoms with Crippen molar-refractivity contribution in [1.29, 1.82) is 0 Å². The van der Waals surface area contributed by atoms with Gasteiger partial charge < -0.3 is 9.88 Å². The van der Waals surface area contributed by atoms with Crippen LogP contribution >= 0.6 is 11.8 Å². The van der Waals surface area contributed by atoms with Crippen LogP contribution in [-0.2, 0) is 11.8 Å². The molecule has 0 aliphatic heterocycles. The number of aromatic nitrogens is 3. The molecule has 2 aromatic carbocycles. The van der Waals surface area contributed by atoms with E-state index >= 15 is 0 Å². The molecule has 0 spiro atoms. The molecule has 4 rings (SSSR count). The summed E-state index contributed by atoms with van der Waals surface area (Å²) < 4.78 is 1.72. The zero-order valence-electron chi connectivity index (χ0n) is 14.3. The molecule has 0 fully saturated rings. The summed E-state index contributed by atoms with van der Waals surface area (Å²) in [6.45, 7) is 0. The van der Waals surface area contributed by atoms with Crippen molar-refractivity contribution in [3.8, 4) is 0 Å². The molecule has 8 heteroatoms. The minimum Gasteiger partial charge on any atom is -0.325 e. The lowest BCUT2D eigenvalue weighted by Crippen LogP contribution is -2.21. The number of hydrogen-bond acceptors (Lipinski definition) is 6. The second kappa shape index (κ2) is 6.81. The average Bonchev–Trinajstić information content (AvgIpc) is 3.09. The van der Waals surface area contributed by atoms with Gasteiger partial charge >= 0.3 is 0 Å². The number of anilines is 1. The Labute approximate surface area is 158 Å². The van der Waals surface area contributed by atoms with Crippen molar-refractivity contribution in [1.82, 2.24) is 14.8 Å². The van der Waals surface area contributed by atoms with Crippen molar-refractivity contribution in [2.24, 2.45) is 7.05 Å². The van der Waals surface area contributed by atoms with E-state index in [4.69, 9.17) is 0 Å². The van der Waals surface area contributed by atoms with Crippen molar-refractivity contribution >= 4 is 34.9 Å². The highest BCUT2D eigenvalue weighted by molar-refractivity contribution is 7.99. The quantitative estimate of drug-likeness (QED) is 0.548. The summed E-state index contributed by atoms with van der Waals surface area (Å²) in [5.74, 6) is -0.488. The van der Waals surface area contributed by atoms with Crippen LogP contribution < -0.4 is 5.32 Å². The van der Waals surface area contributed by atoms with Crippen LogP contribution in [0.4, 0.5) is 5.69 Å². The zero-order chi connectivity index (χ0) is 19.0. The maximum atomic E-state index is 12.7. The number of fused-ring (bicyclic) bond motifs is 2. The predicted molar refractivity (Wildman–Crippen MR) is 100 cm³/mol. The van der Waals surface area contributed by atoms with Gasteiger partial charge in [-0.05, 0) is 18.2 Å². The fourth-order valence-electron chi connectivity index (χ4n) is 2.91. The maximum absolute atomic E-state index is 12.7. The predicted octanol–water partition coefficient (Wildman–Crippen LogP) is 2.32. The van der Waals surface area contributed by atoms with Crippen LogP contribution in [0.2, 0.25) is 0 Å². The Bertz CT molecular complexity index is 1090. The molecule has 0 radical (unpaired) electrons. The van der Waals surface area contributed by atoms with Crippen molar-refractivity contribution in [3.05, 3.63) is 71.0 Å². The van der Waals surface area contributed by atoms with E-state index in [1.807, 2.05) is 0 Å². The highest BCUT2D eigenvalue weighted by Crippen LogP contribution is 2.29. The van der Waals surface area contributed by atoms with Crippen LogP contribution in [0.3, 0.4) is 0 Å². The number of benzene rings is 2. The first kappa shape index (κ1) is 17.2. The first-order valence-electron chi connectivity index (χ1n) is 8.13. The fourth-order valence-corrected chi connectivity index (χ4v) is 3.60. The summed E-state index contributed by atoms with van der Waals surface area (Å²) in [5, 5.41) is 11.0. The fraction of sp³-hybridized carbons (Fsp3) is 0.105. The van der Waals surface area contributed by atoms with Crippen LogP contribution in [0.1, 0.15) is 31.8 Å². The van der Waals surface area contributed by atoms with Crippen molar-refractivity contribution < 1.29 is 14.4 Å². The second-order valence-electron chi connectivity index (χ2n) is 6.03. The van der Waals surface area contributed by atoms with Crippen LogP contribution in [-0.4, -0.2) is 38.0 Å². The van der Waals surface area contributed by atoms with Crippen LogP contribution in [0.25, 0.3) is 0 Å². The first-order chi connectivity index (χ1) is 13.0. The minimum atomic E-state index is -0.238. The van der Waals surface area contributed by atoms with Crippen molar-refractivity contribution in [3.63, 3.8) is 0 Å². The van der Waals surface area contributed by atoms with Gasteiger partial charge in [0.05, 0.1) is 5.75 Å². The molecule has 27 heavy (non-hydrogen) atoms. The molecule has 1 amide bonds. The molecule has 1 N–H and O–H groups in total. The molecule has 0 bridgehead atoms. The first-order valence-corrected chi connectivity index (χ1v) is 9.12. The average molecular weight is 378 g/mol. The largest absolute Gasteiger partial charge is 0.325 e. The van der Waals surface area contributed by atoms with Gasteiger partial charge in [-0.25, -0.2) is 0 Å². The van der Waals surface area contributed by atoms with Gasteiger partial charge in [-0.1, -0.05) is 36.0 Å². The van der Waals surface area contributed by atoms with Crippen molar-refractivity contribution in [2.45, 2.75) is 5.16 Å². The standard InChI is InChI=1S/C19H14N4O3S/c1-23-10-20-22-19(23)27-9-16(24)21-11-6-7-14-15(8-11)18(26)13-5-3-2-4-12(13)17(14)25/h2-8,10H,9H2,1H3,(H,21,24). The molecule has 0 saturated carbocycles. The second-order valence-corrected chi connectivity index (χ2v) is 6.97. The number of thioether (sulfide) groups is 1. The van der Waals surface area contributed by atoms with Gasteiger partial charge in [0.2, 0.25) is 5.91 Å². The number of aryl methyl sites for hydroxylation is 1. The summed E-state index contributed by atoms with van der Waals surface area (Å²) in [6.07, 6.45) is 1.56. The topological polar surface area (TPSA) is 93.9 Å². The van der Waals surface area contributed by atoms with Crippen LogP contribution in [0.15, 0.2) is 53.9 Å². The highest BCUT2D eigenvalue weighted by atomic mass is 32.2. The number of amides is 1. The molecular formula is C19H14N4O3S. The van der Waals surface area contributed by atoms with Crippen LogP contribution in [0.5, 0.6) is 0 Å². The summed E-state index contributed by atoms with van der Waals surface area (Å²) in [7, 11) is 1.80. The lowest BCUT2D eigenvalue weighted by Gasteiger charge is -2.18. The van der Waals surface area contributed by atoms with E-state index in [2.05, 4.69) is 15.5 Å². The van der Waals surface area contributed by atoms with E-state index in [0.29, 0.717) is 33.1 Å². The molecule has 1 aliphatic rings. The lowest BCUT2D eigenvalue weighted by molar-refractivity contribution is -0.113. The van der Waals surface area contributed by atoms with Crippen molar-refractivity contribution in [2.75, 3.05) is 11.1 Å². The van der Waals surface area contributed by atoms with E-state index < -0.39 is 0 Å².